The third kappa shape index (κ3) is 5.98. The molecule has 2 nitrogen and oxygen atoms in total. The fourth-order valence-electron chi connectivity index (χ4n) is 0.510. The van der Waals surface area contributed by atoms with Crippen LogP contribution in [0.25, 0.3) is 0 Å². The summed E-state index contributed by atoms with van der Waals surface area (Å²) in [7, 11) is 0. The van der Waals surface area contributed by atoms with E-state index in [4.69, 9.17) is 9.84 Å². The molecule has 1 unspecified atom stereocenters. The number of rotatable bonds is 6. The van der Waals surface area contributed by atoms with Gasteiger partial charge in [0, 0.05) is 6.61 Å². The molecule has 0 aromatic rings. The smallest absolute Gasteiger partial charge is 0.118 e. The van der Waals surface area contributed by atoms with Gasteiger partial charge in [0.1, 0.15) is 12.8 Å². The molecule has 0 aromatic heterocycles. The lowest BCUT2D eigenvalue weighted by molar-refractivity contribution is 0.0232. The predicted molar refractivity (Wildman–Crippen MR) is 37.7 cm³/mol. The van der Waals surface area contributed by atoms with Gasteiger partial charge in [-0.05, 0) is 6.42 Å². The molecule has 0 bridgehead atoms. The van der Waals surface area contributed by atoms with Gasteiger partial charge < -0.3 is 9.84 Å². The van der Waals surface area contributed by atoms with Crippen LogP contribution < -0.4 is 0 Å². The number of alkyl halides is 1. The highest BCUT2D eigenvalue weighted by atomic mass is 19.1. The summed E-state index contributed by atoms with van der Waals surface area (Å²) < 4.78 is 16.5. The molecule has 0 amide bonds. The van der Waals surface area contributed by atoms with Crippen LogP contribution in [-0.2, 0) is 4.74 Å². The van der Waals surface area contributed by atoms with Gasteiger partial charge in [0.2, 0.25) is 0 Å². The average molecular weight is 150 g/mol. The monoisotopic (exact) mass is 150 g/mol. The maximum absolute atomic E-state index is 11.6. The van der Waals surface area contributed by atoms with Crippen LogP contribution >= 0.6 is 0 Å². The predicted octanol–water partition coefficient (Wildman–Crippen LogP) is 1.13. The van der Waals surface area contributed by atoms with Gasteiger partial charge in [-0.1, -0.05) is 13.3 Å². The highest BCUT2D eigenvalue weighted by Crippen LogP contribution is 1.90. The van der Waals surface area contributed by atoms with E-state index in [0.29, 0.717) is 6.61 Å². The van der Waals surface area contributed by atoms with E-state index in [1.165, 1.54) is 0 Å². The Morgan fingerprint density at radius 3 is 2.80 bits per heavy atom. The van der Waals surface area contributed by atoms with Crippen LogP contribution in [0, 0.1) is 0 Å². The van der Waals surface area contributed by atoms with Crippen molar-refractivity contribution in [3.8, 4) is 0 Å². The summed E-state index contributed by atoms with van der Waals surface area (Å²) in [5.74, 6) is 0. The number of unbranched alkanes of at least 4 members (excludes halogenated alkanes) is 1. The minimum absolute atomic E-state index is 0.122. The molecular formula is C7H15FO2. The molecule has 0 fully saturated rings. The first kappa shape index (κ1) is 9.85. The second kappa shape index (κ2) is 6.96. The van der Waals surface area contributed by atoms with Gasteiger partial charge in [-0.3, -0.25) is 0 Å². The van der Waals surface area contributed by atoms with E-state index in [-0.39, 0.29) is 6.61 Å². The van der Waals surface area contributed by atoms with Crippen LogP contribution in [0.3, 0.4) is 0 Å². The van der Waals surface area contributed by atoms with Crippen molar-refractivity contribution in [1.82, 2.24) is 0 Å². The van der Waals surface area contributed by atoms with Gasteiger partial charge >= 0.3 is 0 Å². The first-order valence-electron chi connectivity index (χ1n) is 3.63. The SMILES string of the molecule is CCCCOCC(O)CF. The zero-order valence-corrected chi connectivity index (χ0v) is 6.35. The van der Waals surface area contributed by atoms with E-state index < -0.39 is 12.8 Å². The largest absolute Gasteiger partial charge is 0.388 e. The molecule has 0 saturated heterocycles. The lowest BCUT2D eigenvalue weighted by atomic mass is 10.3. The maximum atomic E-state index is 11.6. The van der Waals surface area contributed by atoms with Crippen LogP contribution in [0.15, 0.2) is 0 Å². The van der Waals surface area contributed by atoms with E-state index >= 15 is 0 Å². The highest BCUT2D eigenvalue weighted by Gasteiger charge is 2.00. The maximum Gasteiger partial charge on any atom is 0.118 e. The van der Waals surface area contributed by atoms with Crippen molar-refractivity contribution in [3.05, 3.63) is 0 Å². The van der Waals surface area contributed by atoms with Gasteiger partial charge in [-0.2, -0.15) is 0 Å². The first-order chi connectivity index (χ1) is 4.81. The normalized spacial score (nSPS) is 13.5. The lowest BCUT2D eigenvalue weighted by Gasteiger charge is -2.05. The second-order valence-electron chi connectivity index (χ2n) is 2.24. The number of ether oxygens (including phenoxy) is 1. The zero-order valence-electron chi connectivity index (χ0n) is 6.35. The van der Waals surface area contributed by atoms with Gasteiger partial charge in [-0.25, -0.2) is 4.39 Å². The molecule has 0 aliphatic rings. The Kier molecular flexibility index (Phi) is 6.86. The Bertz CT molecular complexity index is 68.6. The van der Waals surface area contributed by atoms with Crippen LogP contribution in [0.2, 0.25) is 0 Å². The minimum Gasteiger partial charge on any atom is -0.388 e. The van der Waals surface area contributed by atoms with E-state index in [9.17, 15) is 4.39 Å². The molecule has 0 rings (SSSR count). The van der Waals surface area contributed by atoms with Crippen molar-refractivity contribution < 1.29 is 14.2 Å². The Morgan fingerprint density at radius 1 is 1.60 bits per heavy atom. The number of aliphatic hydroxyl groups is 1. The third-order valence-corrected chi connectivity index (χ3v) is 1.13. The molecular weight excluding hydrogens is 135 g/mol. The molecule has 0 aliphatic carbocycles. The van der Waals surface area contributed by atoms with Crippen LogP contribution in [0.1, 0.15) is 19.8 Å². The molecule has 0 heterocycles. The Labute approximate surface area is 61.0 Å². The molecule has 10 heavy (non-hydrogen) atoms. The number of hydrogen-bond acceptors (Lipinski definition) is 2. The quantitative estimate of drug-likeness (QED) is 0.575. The topological polar surface area (TPSA) is 29.5 Å². The molecule has 0 saturated carbocycles. The van der Waals surface area contributed by atoms with Crippen molar-refractivity contribution in [2.45, 2.75) is 25.9 Å². The van der Waals surface area contributed by atoms with E-state index in [2.05, 4.69) is 6.92 Å². The summed E-state index contributed by atoms with van der Waals surface area (Å²) in [5, 5.41) is 8.66. The summed E-state index contributed by atoms with van der Waals surface area (Å²) in [6.07, 6.45) is 1.10. The number of hydrogen-bond donors (Lipinski definition) is 1. The van der Waals surface area contributed by atoms with Gasteiger partial charge in [0.25, 0.3) is 0 Å². The molecule has 0 spiro atoms. The summed E-state index contributed by atoms with van der Waals surface area (Å²) in [6.45, 7) is 2.07. The number of aliphatic hydroxyl groups excluding tert-OH is 1. The molecule has 0 aromatic carbocycles. The third-order valence-electron chi connectivity index (χ3n) is 1.13. The highest BCUT2D eigenvalue weighted by molar-refractivity contribution is 4.48. The van der Waals surface area contributed by atoms with Crippen LogP contribution in [0.4, 0.5) is 4.39 Å². The molecule has 1 N–H and O–H groups in total. The fourth-order valence-corrected chi connectivity index (χ4v) is 0.510. The molecule has 1 atom stereocenters. The summed E-state index contributed by atoms with van der Waals surface area (Å²) in [4.78, 5) is 0. The molecule has 0 aliphatic heterocycles. The van der Waals surface area contributed by atoms with Crippen molar-refractivity contribution in [1.29, 1.82) is 0 Å². The van der Waals surface area contributed by atoms with Gasteiger partial charge in [0.05, 0.1) is 6.61 Å². The van der Waals surface area contributed by atoms with Gasteiger partial charge in [0.15, 0.2) is 0 Å². The Hall–Kier alpha value is -0.150. The second-order valence-corrected chi connectivity index (χ2v) is 2.24. The van der Waals surface area contributed by atoms with Crippen molar-refractivity contribution in [3.63, 3.8) is 0 Å². The van der Waals surface area contributed by atoms with E-state index in [1.54, 1.807) is 0 Å². The Morgan fingerprint density at radius 2 is 2.30 bits per heavy atom. The van der Waals surface area contributed by atoms with Crippen LogP contribution in [-0.4, -0.2) is 31.1 Å². The minimum atomic E-state index is -0.933. The fraction of sp³-hybridized carbons (Fsp3) is 1.00. The van der Waals surface area contributed by atoms with Crippen molar-refractivity contribution >= 4 is 0 Å². The Balaban J connectivity index is 2.89. The zero-order chi connectivity index (χ0) is 7.82. The van der Waals surface area contributed by atoms with Crippen molar-refractivity contribution in [2.24, 2.45) is 0 Å². The van der Waals surface area contributed by atoms with E-state index in [0.717, 1.165) is 12.8 Å². The van der Waals surface area contributed by atoms with Gasteiger partial charge in [-0.15, -0.1) is 0 Å². The molecule has 0 radical (unpaired) electrons. The van der Waals surface area contributed by atoms with Crippen LogP contribution in [0.5, 0.6) is 0 Å². The summed E-state index contributed by atoms with van der Waals surface area (Å²) in [6, 6.07) is 0. The number of halogens is 1. The average Bonchev–Trinajstić information content (AvgIpc) is 1.98. The summed E-state index contributed by atoms with van der Waals surface area (Å²) >= 11 is 0. The standard InChI is InChI=1S/C7H15FO2/c1-2-3-4-10-6-7(9)5-8/h7,9H,2-6H2,1H3. The first-order valence-corrected chi connectivity index (χ1v) is 3.63. The summed E-state index contributed by atoms with van der Waals surface area (Å²) in [5.41, 5.74) is 0. The molecule has 3 heteroatoms. The van der Waals surface area contributed by atoms with E-state index in [1.807, 2.05) is 0 Å². The lowest BCUT2D eigenvalue weighted by Crippen LogP contribution is -2.17. The van der Waals surface area contributed by atoms with Crippen molar-refractivity contribution in [2.75, 3.05) is 19.9 Å². The molecule has 62 valence electrons.